The lowest BCUT2D eigenvalue weighted by molar-refractivity contribution is 0.101. The summed E-state index contributed by atoms with van der Waals surface area (Å²) in [7, 11) is 4.99. The van der Waals surface area contributed by atoms with E-state index in [1.165, 1.54) is 0 Å². The van der Waals surface area contributed by atoms with Crippen molar-refractivity contribution in [3.63, 3.8) is 0 Å². The Morgan fingerprint density at radius 2 is 2.03 bits per heavy atom. The number of hydrogen-bond donors (Lipinski definition) is 2. The molecule has 172 valence electrons. The van der Waals surface area contributed by atoms with E-state index in [2.05, 4.69) is 32.7 Å². The van der Waals surface area contributed by atoms with Gasteiger partial charge in [-0.3, -0.25) is 9.48 Å². The molecular formula is C23H27N7O3. The van der Waals surface area contributed by atoms with Crippen molar-refractivity contribution in [1.29, 1.82) is 0 Å². The fourth-order valence-corrected chi connectivity index (χ4v) is 4.36. The Hall–Kier alpha value is -3.79. The molecule has 0 bridgehead atoms. The summed E-state index contributed by atoms with van der Waals surface area (Å²) in [5, 5.41) is 16.3. The van der Waals surface area contributed by atoms with E-state index in [-0.39, 0.29) is 5.91 Å². The molecular weight excluding hydrogens is 422 g/mol. The summed E-state index contributed by atoms with van der Waals surface area (Å²) in [6, 6.07) is 9.68. The second-order valence-electron chi connectivity index (χ2n) is 8.26. The number of aryl methyl sites for hydroxylation is 1. The van der Waals surface area contributed by atoms with Gasteiger partial charge in [-0.2, -0.15) is 5.10 Å². The standard InChI is InChI=1S/C23H27N7O3/c1-14-12-29(8-7-24-14)18-5-6-19(30-20(18)11-22(27-30)33-4)23(31)25-17-9-15-13-28(2)26-16(15)10-21(17)32-3/h5-6,9-11,13-14,24H,7-8,12H2,1-4H3,(H,25,31). The molecule has 0 spiro atoms. The van der Waals surface area contributed by atoms with Gasteiger partial charge in [-0.25, -0.2) is 4.52 Å². The lowest BCUT2D eigenvalue weighted by Gasteiger charge is -2.34. The van der Waals surface area contributed by atoms with Crippen LogP contribution in [-0.2, 0) is 7.05 Å². The maximum Gasteiger partial charge on any atom is 0.274 e. The van der Waals surface area contributed by atoms with Gasteiger partial charge in [0.05, 0.1) is 36.6 Å². The second kappa shape index (κ2) is 8.28. The highest BCUT2D eigenvalue weighted by molar-refractivity contribution is 6.06. The third-order valence-electron chi connectivity index (χ3n) is 5.92. The van der Waals surface area contributed by atoms with Crippen molar-refractivity contribution in [3.05, 3.63) is 42.2 Å². The van der Waals surface area contributed by atoms with E-state index in [1.54, 1.807) is 29.5 Å². The van der Waals surface area contributed by atoms with Crippen LogP contribution in [0, 0.1) is 0 Å². The predicted octanol–water partition coefficient (Wildman–Crippen LogP) is 2.29. The maximum atomic E-state index is 13.4. The average molecular weight is 450 g/mol. The summed E-state index contributed by atoms with van der Waals surface area (Å²) < 4.78 is 14.2. The summed E-state index contributed by atoms with van der Waals surface area (Å²) >= 11 is 0. The minimum absolute atomic E-state index is 0.299. The Balaban J connectivity index is 1.53. The molecule has 0 saturated carbocycles. The molecule has 10 nitrogen and oxygen atoms in total. The first-order valence-electron chi connectivity index (χ1n) is 10.8. The van der Waals surface area contributed by atoms with Gasteiger partial charge in [-0.15, -0.1) is 5.10 Å². The van der Waals surface area contributed by atoms with Crippen molar-refractivity contribution in [2.75, 3.05) is 44.1 Å². The van der Waals surface area contributed by atoms with Crippen LogP contribution in [-0.4, -0.2) is 65.2 Å². The number of hydrogen-bond acceptors (Lipinski definition) is 7. The minimum Gasteiger partial charge on any atom is -0.494 e. The molecule has 1 aliphatic heterocycles. The Morgan fingerprint density at radius 3 is 2.79 bits per heavy atom. The van der Waals surface area contributed by atoms with Crippen molar-refractivity contribution in [2.45, 2.75) is 13.0 Å². The van der Waals surface area contributed by atoms with Gasteiger partial charge < -0.3 is 25.0 Å². The van der Waals surface area contributed by atoms with Crippen LogP contribution in [0.5, 0.6) is 11.6 Å². The van der Waals surface area contributed by atoms with Crippen molar-refractivity contribution in [2.24, 2.45) is 7.05 Å². The molecule has 1 aromatic carbocycles. The molecule has 3 aromatic heterocycles. The number of amides is 1. The van der Waals surface area contributed by atoms with Crippen molar-refractivity contribution in [3.8, 4) is 11.6 Å². The number of piperazine rings is 1. The molecule has 1 saturated heterocycles. The summed E-state index contributed by atoms with van der Waals surface area (Å²) in [6.45, 7) is 4.81. The highest BCUT2D eigenvalue weighted by Crippen LogP contribution is 2.31. The topological polar surface area (TPSA) is 98.0 Å². The fourth-order valence-electron chi connectivity index (χ4n) is 4.36. The Morgan fingerprint density at radius 1 is 1.18 bits per heavy atom. The zero-order valence-corrected chi connectivity index (χ0v) is 19.1. The molecule has 1 atom stereocenters. The van der Waals surface area contributed by atoms with E-state index in [0.29, 0.717) is 29.1 Å². The first-order valence-corrected chi connectivity index (χ1v) is 10.8. The van der Waals surface area contributed by atoms with E-state index >= 15 is 0 Å². The van der Waals surface area contributed by atoms with Gasteiger partial charge in [-0.1, -0.05) is 0 Å². The van der Waals surface area contributed by atoms with Crippen LogP contribution >= 0.6 is 0 Å². The molecule has 2 N–H and O–H groups in total. The van der Waals surface area contributed by atoms with Gasteiger partial charge in [0.15, 0.2) is 0 Å². The number of nitrogens with one attached hydrogen (secondary N) is 2. The van der Waals surface area contributed by atoms with E-state index in [1.807, 2.05) is 37.5 Å². The molecule has 10 heteroatoms. The number of pyridine rings is 1. The number of benzene rings is 1. The predicted molar refractivity (Wildman–Crippen MR) is 127 cm³/mol. The zero-order chi connectivity index (χ0) is 23.1. The third-order valence-corrected chi connectivity index (χ3v) is 5.92. The van der Waals surface area contributed by atoms with Crippen LogP contribution in [0.4, 0.5) is 11.4 Å². The van der Waals surface area contributed by atoms with E-state index in [4.69, 9.17) is 9.47 Å². The fraction of sp³-hybridized carbons (Fsp3) is 0.348. The zero-order valence-electron chi connectivity index (χ0n) is 19.1. The van der Waals surface area contributed by atoms with Gasteiger partial charge in [0.25, 0.3) is 5.91 Å². The monoisotopic (exact) mass is 449 g/mol. The molecule has 4 aromatic rings. The van der Waals surface area contributed by atoms with Gasteiger partial charge in [0.2, 0.25) is 5.88 Å². The molecule has 5 rings (SSSR count). The molecule has 1 unspecified atom stereocenters. The Labute approximate surface area is 191 Å². The number of nitrogens with zero attached hydrogens (tertiary/aromatic N) is 5. The van der Waals surface area contributed by atoms with E-state index < -0.39 is 0 Å². The quantitative estimate of drug-likeness (QED) is 0.482. The van der Waals surface area contributed by atoms with Crippen molar-refractivity contribution in [1.82, 2.24) is 24.7 Å². The summed E-state index contributed by atoms with van der Waals surface area (Å²) in [5.74, 6) is 0.692. The molecule has 0 radical (unpaired) electrons. The van der Waals surface area contributed by atoms with Crippen LogP contribution in [0.2, 0.25) is 0 Å². The third kappa shape index (κ3) is 3.82. The van der Waals surface area contributed by atoms with Crippen molar-refractivity contribution < 1.29 is 14.3 Å². The smallest absolute Gasteiger partial charge is 0.274 e. The van der Waals surface area contributed by atoms with Crippen LogP contribution in [0.3, 0.4) is 0 Å². The van der Waals surface area contributed by atoms with Crippen molar-refractivity contribution >= 4 is 33.7 Å². The molecule has 0 aliphatic carbocycles. The number of carbonyl (C=O) groups is 1. The Bertz CT molecular complexity index is 1340. The lowest BCUT2D eigenvalue weighted by Crippen LogP contribution is -2.49. The van der Waals surface area contributed by atoms with E-state index in [0.717, 1.165) is 41.7 Å². The summed E-state index contributed by atoms with van der Waals surface area (Å²) in [5.41, 5.74) is 3.60. The molecule has 33 heavy (non-hydrogen) atoms. The van der Waals surface area contributed by atoms with Crippen LogP contribution in [0.1, 0.15) is 17.4 Å². The summed E-state index contributed by atoms with van der Waals surface area (Å²) in [6.07, 6.45) is 1.89. The SMILES string of the molecule is COc1cc2c(N3CCNC(C)C3)ccc(C(=O)Nc3cc4cn(C)nc4cc3OC)n2n1. The number of anilines is 2. The molecule has 1 fully saturated rings. The molecule has 1 amide bonds. The van der Waals surface area contributed by atoms with Crippen LogP contribution in [0.25, 0.3) is 16.4 Å². The van der Waals surface area contributed by atoms with Gasteiger partial charge in [0, 0.05) is 56.4 Å². The van der Waals surface area contributed by atoms with Gasteiger partial charge in [-0.05, 0) is 25.1 Å². The largest absolute Gasteiger partial charge is 0.494 e. The number of carbonyl (C=O) groups excluding carboxylic acids is 1. The number of aromatic nitrogens is 4. The number of methoxy groups -OCH3 is 2. The Kier molecular flexibility index (Phi) is 5.29. The van der Waals surface area contributed by atoms with Gasteiger partial charge in [0.1, 0.15) is 11.4 Å². The van der Waals surface area contributed by atoms with Gasteiger partial charge >= 0.3 is 0 Å². The van der Waals surface area contributed by atoms with Crippen LogP contribution < -0.4 is 25.0 Å². The molecule has 1 aliphatic rings. The highest BCUT2D eigenvalue weighted by Gasteiger charge is 2.23. The molecule has 4 heterocycles. The number of ether oxygens (including phenoxy) is 2. The lowest BCUT2D eigenvalue weighted by atomic mass is 10.2. The normalized spacial score (nSPS) is 16.4. The first-order chi connectivity index (χ1) is 16.0. The second-order valence-corrected chi connectivity index (χ2v) is 8.26. The number of fused-ring (bicyclic) bond motifs is 2. The minimum atomic E-state index is -0.299. The highest BCUT2D eigenvalue weighted by atomic mass is 16.5. The first kappa shape index (κ1) is 21.1. The number of rotatable bonds is 5. The van der Waals surface area contributed by atoms with Crippen LogP contribution in [0.15, 0.2) is 36.5 Å². The summed E-state index contributed by atoms with van der Waals surface area (Å²) in [4.78, 5) is 15.7. The maximum absolute atomic E-state index is 13.4. The average Bonchev–Trinajstić information content (AvgIpc) is 3.40. The van der Waals surface area contributed by atoms with E-state index in [9.17, 15) is 4.79 Å².